The molecule has 0 fully saturated rings. The Labute approximate surface area is 207 Å². The topological polar surface area (TPSA) is 46.5 Å². The lowest BCUT2D eigenvalue weighted by Crippen LogP contribution is -2.41. The zero-order valence-electron chi connectivity index (χ0n) is 22.9. The molecule has 1 atom stereocenters. The third-order valence-corrected chi connectivity index (χ3v) is 7.18. The van der Waals surface area contributed by atoms with E-state index in [0.29, 0.717) is 19.4 Å². The molecule has 0 rings (SSSR count). The number of carboxylic acids is 1. The monoisotopic (exact) mass is 468 g/mol. The summed E-state index contributed by atoms with van der Waals surface area (Å²) in [4.78, 5) is 12.1. The van der Waals surface area contributed by atoms with Gasteiger partial charge in [-0.3, -0.25) is 0 Å². The van der Waals surface area contributed by atoms with Gasteiger partial charge < -0.3 is 9.84 Å². The van der Waals surface area contributed by atoms with Crippen LogP contribution < -0.4 is 0 Å². The molecule has 0 aromatic rings. The fraction of sp³-hybridized carbons (Fsp3) is 0.967. The van der Waals surface area contributed by atoms with E-state index in [9.17, 15) is 9.90 Å². The van der Waals surface area contributed by atoms with Crippen LogP contribution in [0, 0.1) is 0 Å². The highest BCUT2D eigenvalue weighted by Crippen LogP contribution is 2.28. The standard InChI is InChI=1S/C30H60O3/c1-4-7-9-11-13-15-17-18-20-22-24-26-28-30(29(31)32,33-6-3)27-25-23-21-19-16-14-12-10-8-5-2/h4-28H2,1-3H3,(H,31,32). The minimum absolute atomic E-state index is 0.488. The molecule has 0 saturated heterocycles. The maximum Gasteiger partial charge on any atom is 0.335 e. The van der Waals surface area contributed by atoms with Crippen molar-refractivity contribution in [3.63, 3.8) is 0 Å². The minimum Gasteiger partial charge on any atom is -0.479 e. The Morgan fingerprint density at radius 2 is 0.788 bits per heavy atom. The summed E-state index contributed by atoms with van der Waals surface area (Å²) in [5, 5.41) is 9.95. The van der Waals surface area contributed by atoms with Crippen LogP contribution in [0.4, 0.5) is 0 Å². The number of carbonyl (C=O) groups is 1. The number of aliphatic carboxylic acids is 1. The van der Waals surface area contributed by atoms with Gasteiger partial charge in [0.1, 0.15) is 0 Å². The lowest BCUT2D eigenvalue weighted by atomic mass is 9.89. The van der Waals surface area contributed by atoms with Gasteiger partial charge in [-0.15, -0.1) is 0 Å². The normalized spacial score (nSPS) is 13.3. The van der Waals surface area contributed by atoms with Crippen molar-refractivity contribution in [1.29, 1.82) is 0 Å². The van der Waals surface area contributed by atoms with Crippen LogP contribution in [0.1, 0.15) is 175 Å². The SMILES string of the molecule is CCCCCCCCCCCCCCC(CCCCCCCCCCCC)(OCC)C(=O)O. The first kappa shape index (κ1) is 32.4. The van der Waals surface area contributed by atoms with Gasteiger partial charge in [0.15, 0.2) is 5.60 Å². The molecule has 0 aromatic carbocycles. The molecule has 0 spiro atoms. The van der Waals surface area contributed by atoms with Gasteiger partial charge in [-0.05, 0) is 32.6 Å². The van der Waals surface area contributed by atoms with Crippen LogP contribution in [0.5, 0.6) is 0 Å². The summed E-state index contributed by atoms with van der Waals surface area (Å²) in [6.45, 7) is 6.95. The second-order valence-electron chi connectivity index (χ2n) is 10.3. The minimum atomic E-state index is -0.951. The van der Waals surface area contributed by atoms with Gasteiger partial charge in [-0.25, -0.2) is 4.79 Å². The summed E-state index contributed by atoms with van der Waals surface area (Å²) in [5.41, 5.74) is -0.951. The van der Waals surface area contributed by atoms with Crippen molar-refractivity contribution in [3.8, 4) is 0 Å². The zero-order chi connectivity index (χ0) is 24.5. The highest BCUT2D eigenvalue weighted by molar-refractivity contribution is 5.77. The molecule has 0 amide bonds. The first-order valence-corrected chi connectivity index (χ1v) is 15.0. The Balaban J connectivity index is 3.91. The molecule has 33 heavy (non-hydrogen) atoms. The molecule has 3 nitrogen and oxygen atoms in total. The van der Waals surface area contributed by atoms with Crippen molar-refractivity contribution in [2.24, 2.45) is 0 Å². The van der Waals surface area contributed by atoms with Crippen molar-refractivity contribution in [1.82, 2.24) is 0 Å². The summed E-state index contributed by atoms with van der Waals surface area (Å²) < 4.78 is 5.87. The quantitative estimate of drug-likeness (QED) is 0.122. The molecule has 0 aromatic heterocycles. The first-order chi connectivity index (χ1) is 16.1. The molecule has 3 heteroatoms. The lowest BCUT2D eigenvalue weighted by molar-refractivity contribution is -0.168. The van der Waals surface area contributed by atoms with Gasteiger partial charge in [-0.1, -0.05) is 142 Å². The second-order valence-corrected chi connectivity index (χ2v) is 10.3. The molecule has 1 unspecified atom stereocenters. The maximum absolute atomic E-state index is 12.1. The lowest BCUT2D eigenvalue weighted by Gasteiger charge is -2.29. The molecule has 198 valence electrons. The van der Waals surface area contributed by atoms with Crippen molar-refractivity contribution in [2.75, 3.05) is 6.61 Å². The summed E-state index contributed by atoms with van der Waals surface area (Å²) >= 11 is 0. The third-order valence-electron chi connectivity index (χ3n) is 7.18. The van der Waals surface area contributed by atoms with Gasteiger partial charge >= 0.3 is 5.97 Å². The predicted octanol–water partition coefficient (Wildman–Crippen LogP) is 10.2. The number of ether oxygens (including phenoxy) is 1. The third kappa shape index (κ3) is 19.4. The number of rotatable bonds is 27. The molecule has 0 aliphatic heterocycles. The van der Waals surface area contributed by atoms with Gasteiger partial charge in [0.05, 0.1) is 0 Å². The Morgan fingerprint density at radius 3 is 1.03 bits per heavy atom. The maximum atomic E-state index is 12.1. The molecule has 0 aliphatic carbocycles. The Morgan fingerprint density at radius 1 is 0.515 bits per heavy atom. The van der Waals surface area contributed by atoms with E-state index in [1.807, 2.05) is 6.92 Å². The number of unbranched alkanes of at least 4 members (excludes halogenated alkanes) is 20. The molecular formula is C30H60O3. The van der Waals surface area contributed by atoms with E-state index in [2.05, 4.69) is 13.8 Å². The molecule has 0 radical (unpaired) electrons. The van der Waals surface area contributed by atoms with Gasteiger partial charge in [0.25, 0.3) is 0 Å². The molecule has 0 bridgehead atoms. The van der Waals surface area contributed by atoms with Crippen LogP contribution in [0.15, 0.2) is 0 Å². The van der Waals surface area contributed by atoms with E-state index in [4.69, 9.17) is 4.74 Å². The summed E-state index contributed by atoms with van der Waals surface area (Å²) in [5.74, 6) is -0.747. The molecule has 0 saturated carbocycles. The van der Waals surface area contributed by atoms with Gasteiger partial charge in [-0.2, -0.15) is 0 Å². The first-order valence-electron chi connectivity index (χ1n) is 15.0. The van der Waals surface area contributed by atoms with Crippen molar-refractivity contribution >= 4 is 5.97 Å². The van der Waals surface area contributed by atoms with Crippen LogP contribution in [0.3, 0.4) is 0 Å². The number of hydrogen-bond donors (Lipinski definition) is 1. The van der Waals surface area contributed by atoms with E-state index in [-0.39, 0.29) is 0 Å². The van der Waals surface area contributed by atoms with E-state index < -0.39 is 11.6 Å². The highest BCUT2D eigenvalue weighted by atomic mass is 16.5. The van der Waals surface area contributed by atoms with Crippen molar-refractivity contribution in [3.05, 3.63) is 0 Å². The second kappa shape index (κ2) is 24.6. The predicted molar refractivity (Wildman–Crippen MR) is 144 cm³/mol. The Kier molecular flexibility index (Phi) is 24.1. The fourth-order valence-corrected chi connectivity index (χ4v) is 4.97. The largest absolute Gasteiger partial charge is 0.479 e. The Hall–Kier alpha value is -0.570. The van der Waals surface area contributed by atoms with E-state index in [1.165, 1.54) is 116 Å². The van der Waals surface area contributed by atoms with Crippen LogP contribution >= 0.6 is 0 Å². The fourth-order valence-electron chi connectivity index (χ4n) is 4.97. The van der Waals surface area contributed by atoms with Gasteiger partial charge in [0.2, 0.25) is 0 Å². The molecular weight excluding hydrogens is 408 g/mol. The van der Waals surface area contributed by atoms with Crippen molar-refractivity contribution in [2.45, 2.75) is 180 Å². The van der Waals surface area contributed by atoms with Crippen LogP contribution in [0.25, 0.3) is 0 Å². The number of carboxylic acid groups (broad SMARTS) is 1. The van der Waals surface area contributed by atoms with Gasteiger partial charge in [0, 0.05) is 6.61 Å². The van der Waals surface area contributed by atoms with Crippen LogP contribution in [-0.2, 0) is 9.53 Å². The molecule has 1 N–H and O–H groups in total. The number of hydrogen-bond acceptors (Lipinski definition) is 2. The molecule has 0 aliphatic rings. The van der Waals surface area contributed by atoms with Crippen molar-refractivity contribution < 1.29 is 14.6 Å². The smallest absolute Gasteiger partial charge is 0.335 e. The Bertz CT molecular complexity index is 409. The molecule has 0 heterocycles. The summed E-state index contributed by atoms with van der Waals surface area (Å²) in [6.07, 6.45) is 29.7. The van der Waals surface area contributed by atoms with E-state index in [1.54, 1.807) is 0 Å². The summed E-state index contributed by atoms with van der Waals surface area (Å²) in [7, 11) is 0. The highest BCUT2D eigenvalue weighted by Gasteiger charge is 2.38. The summed E-state index contributed by atoms with van der Waals surface area (Å²) in [6, 6.07) is 0. The van der Waals surface area contributed by atoms with E-state index >= 15 is 0 Å². The van der Waals surface area contributed by atoms with Crippen LogP contribution in [-0.4, -0.2) is 23.3 Å². The zero-order valence-corrected chi connectivity index (χ0v) is 22.9. The van der Waals surface area contributed by atoms with Crippen LogP contribution in [0.2, 0.25) is 0 Å². The average Bonchev–Trinajstić information content (AvgIpc) is 2.80. The van der Waals surface area contributed by atoms with E-state index in [0.717, 1.165) is 25.7 Å². The average molecular weight is 469 g/mol.